The van der Waals surface area contributed by atoms with E-state index in [-0.39, 0.29) is 11.5 Å². The standard InChI is InChI=1S/C19H17N5O2S/c1-11-7-6-9-14(20-11)18-23(12(2)25)15-10-5-4-8-13(15)16-17(26)21-19(27-3)22-24(16)18/h4-10,18H,1-3H3/p+1/t18-/m0/s1. The summed E-state index contributed by atoms with van der Waals surface area (Å²) in [6.45, 7) is 3.40. The van der Waals surface area contributed by atoms with E-state index in [0.29, 0.717) is 27.8 Å². The fraction of sp³-hybridized carbons (Fsp3) is 0.211. The third-order valence-electron chi connectivity index (χ3n) is 4.47. The number of pyridine rings is 1. The summed E-state index contributed by atoms with van der Waals surface area (Å²) in [6, 6.07) is 13.0. The van der Waals surface area contributed by atoms with Gasteiger partial charge < -0.3 is 0 Å². The van der Waals surface area contributed by atoms with Gasteiger partial charge in [0.2, 0.25) is 11.1 Å². The van der Waals surface area contributed by atoms with Crippen LogP contribution in [-0.2, 0) is 4.79 Å². The first-order valence-corrected chi connectivity index (χ1v) is 9.66. The molecule has 8 heteroatoms. The molecular weight excluding hydrogens is 362 g/mol. The summed E-state index contributed by atoms with van der Waals surface area (Å²) in [5.41, 5.74) is 2.97. The smallest absolute Gasteiger partial charge is 0.291 e. The highest BCUT2D eigenvalue weighted by Crippen LogP contribution is 2.36. The average molecular weight is 380 g/mol. The first kappa shape index (κ1) is 17.4. The number of aromatic amines is 1. The van der Waals surface area contributed by atoms with Crippen molar-refractivity contribution in [3.8, 4) is 11.3 Å². The van der Waals surface area contributed by atoms with Crippen molar-refractivity contribution >= 4 is 23.4 Å². The zero-order chi connectivity index (χ0) is 19.1. The number of hydrogen-bond acceptors (Lipinski definition) is 5. The second kappa shape index (κ2) is 6.62. The van der Waals surface area contributed by atoms with E-state index in [1.165, 1.54) is 18.7 Å². The van der Waals surface area contributed by atoms with Gasteiger partial charge in [-0.3, -0.25) is 14.6 Å². The molecule has 0 unspecified atom stereocenters. The fourth-order valence-corrected chi connectivity index (χ4v) is 3.74. The van der Waals surface area contributed by atoms with E-state index in [1.807, 2.05) is 55.6 Å². The van der Waals surface area contributed by atoms with E-state index in [4.69, 9.17) is 0 Å². The Morgan fingerprint density at radius 1 is 1.22 bits per heavy atom. The Kier molecular flexibility index (Phi) is 4.27. The number of aromatic nitrogens is 4. The number of para-hydroxylation sites is 1. The molecule has 1 atom stereocenters. The van der Waals surface area contributed by atoms with Crippen LogP contribution in [0.2, 0.25) is 0 Å². The Labute approximate surface area is 160 Å². The van der Waals surface area contributed by atoms with Crippen molar-refractivity contribution in [1.82, 2.24) is 15.1 Å². The molecule has 0 fully saturated rings. The molecule has 3 aromatic rings. The molecule has 1 N–H and O–H groups in total. The van der Waals surface area contributed by atoms with E-state index in [2.05, 4.69) is 15.1 Å². The number of carbonyl (C=O) groups excluding carboxylic acids is 1. The Morgan fingerprint density at radius 3 is 2.70 bits per heavy atom. The van der Waals surface area contributed by atoms with Crippen LogP contribution in [-0.4, -0.2) is 27.2 Å². The number of carbonyl (C=O) groups is 1. The summed E-state index contributed by atoms with van der Waals surface area (Å²) >= 11 is 1.34. The third-order valence-corrected chi connectivity index (χ3v) is 5.04. The van der Waals surface area contributed by atoms with E-state index in [1.54, 1.807) is 9.58 Å². The van der Waals surface area contributed by atoms with Gasteiger partial charge in [0.15, 0.2) is 0 Å². The van der Waals surface area contributed by atoms with Gasteiger partial charge in [-0.05, 0) is 42.1 Å². The van der Waals surface area contributed by atoms with Crippen LogP contribution in [0, 0.1) is 6.92 Å². The molecule has 4 rings (SSSR count). The number of rotatable bonds is 2. The van der Waals surface area contributed by atoms with Crippen LogP contribution in [0.15, 0.2) is 52.4 Å². The highest BCUT2D eigenvalue weighted by Gasteiger charge is 2.45. The number of benzene rings is 1. The monoisotopic (exact) mass is 380 g/mol. The molecule has 2 aromatic heterocycles. The Hall–Kier alpha value is -3.00. The topological polar surface area (TPSA) is 82.8 Å². The van der Waals surface area contributed by atoms with Crippen molar-refractivity contribution in [3.05, 3.63) is 64.2 Å². The second-order valence-corrected chi connectivity index (χ2v) is 7.04. The predicted octanol–water partition coefficient (Wildman–Crippen LogP) is 2.06. The first-order valence-electron chi connectivity index (χ1n) is 8.44. The number of nitrogens with one attached hydrogen (secondary N) is 1. The molecule has 1 aliphatic rings. The molecule has 0 bridgehead atoms. The van der Waals surface area contributed by atoms with E-state index >= 15 is 0 Å². The van der Waals surface area contributed by atoms with E-state index < -0.39 is 6.17 Å². The minimum absolute atomic E-state index is 0.151. The lowest BCUT2D eigenvalue weighted by atomic mass is 10.0. The van der Waals surface area contributed by atoms with Crippen LogP contribution in [0.5, 0.6) is 0 Å². The van der Waals surface area contributed by atoms with E-state index in [0.717, 1.165) is 5.69 Å². The van der Waals surface area contributed by atoms with Gasteiger partial charge in [0.05, 0.1) is 11.3 Å². The van der Waals surface area contributed by atoms with Crippen LogP contribution in [0.1, 0.15) is 24.5 Å². The molecule has 0 saturated carbocycles. The predicted molar refractivity (Wildman–Crippen MR) is 103 cm³/mol. The van der Waals surface area contributed by atoms with Crippen LogP contribution in [0.25, 0.3) is 11.3 Å². The summed E-state index contributed by atoms with van der Waals surface area (Å²) < 4.78 is 1.61. The normalized spacial score (nSPS) is 15.2. The molecule has 1 aromatic carbocycles. The quantitative estimate of drug-likeness (QED) is 0.544. The number of hydrogen-bond donors (Lipinski definition) is 1. The molecule has 27 heavy (non-hydrogen) atoms. The second-order valence-electron chi connectivity index (χ2n) is 6.24. The number of thioether (sulfide) groups is 1. The van der Waals surface area contributed by atoms with Gasteiger partial charge in [0.25, 0.3) is 0 Å². The molecule has 0 aliphatic carbocycles. The van der Waals surface area contributed by atoms with Gasteiger partial charge in [-0.2, -0.15) is 0 Å². The van der Waals surface area contributed by atoms with Gasteiger partial charge in [-0.15, -0.1) is 0 Å². The third kappa shape index (κ3) is 2.82. The lowest BCUT2D eigenvalue weighted by Gasteiger charge is -2.30. The maximum atomic E-state index is 12.9. The number of fused-ring (bicyclic) bond motifs is 3. The van der Waals surface area contributed by atoms with Gasteiger partial charge in [0, 0.05) is 17.7 Å². The number of aryl methyl sites for hydroxylation is 1. The summed E-state index contributed by atoms with van der Waals surface area (Å²) in [4.78, 5) is 34.6. The Balaban J connectivity index is 2.10. The molecular formula is C19H18N5O2S+. The molecule has 0 radical (unpaired) electrons. The fourth-order valence-electron chi connectivity index (χ4n) is 3.38. The van der Waals surface area contributed by atoms with Gasteiger partial charge in [-0.1, -0.05) is 30.0 Å². The van der Waals surface area contributed by atoms with Crippen LogP contribution < -0.4 is 15.1 Å². The number of H-pyrrole nitrogens is 1. The van der Waals surface area contributed by atoms with E-state index in [9.17, 15) is 9.59 Å². The zero-order valence-corrected chi connectivity index (χ0v) is 15.9. The van der Waals surface area contributed by atoms with Crippen molar-refractivity contribution < 1.29 is 9.48 Å². The maximum absolute atomic E-state index is 12.9. The molecule has 1 aliphatic heterocycles. The number of amides is 1. The molecule has 7 nitrogen and oxygen atoms in total. The van der Waals surface area contributed by atoms with Gasteiger partial charge in [0.1, 0.15) is 5.69 Å². The molecule has 0 saturated heterocycles. The lowest BCUT2D eigenvalue weighted by molar-refractivity contribution is -0.763. The highest BCUT2D eigenvalue weighted by atomic mass is 32.2. The molecule has 0 spiro atoms. The Bertz CT molecular complexity index is 1110. The first-order chi connectivity index (χ1) is 13.0. The van der Waals surface area contributed by atoms with Crippen molar-refractivity contribution in [3.63, 3.8) is 0 Å². The summed E-state index contributed by atoms with van der Waals surface area (Å²) in [5, 5.41) is 5.08. The van der Waals surface area contributed by atoms with Gasteiger partial charge >= 0.3 is 17.4 Å². The lowest BCUT2D eigenvalue weighted by Crippen LogP contribution is -2.60. The highest BCUT2D eigenvalue weighted by molar-refractivity contribution is 7.98. The average Bonchev–Trinajstić information content (AvgIpc) is 2.66. The number of nitrogens with zero attached hydrogens (tertiary/aromatic N) is 4. The Morgan fingerprint density at radius 2 is 2.00 bits per heavy atom. The zero-order valence-electron chi connectivity index (χ0n) is 15.1. The summed E-state index contributed by atoms with van der Waals surface area (Å²) in [5.74, 6) is -0.151. The molecule has 136 valence electrons. The summed E-state index contributed by atoms with van der Waals surface area (Å²) in [7, 11) is 0. The maximum Gasteiger partial charge on any atom is 0.325 e. The molecule has 3 heterocycles. The minimum Gasteiger partial charge on any atom is -0.291 e. The van der Waals surface area contributed by atoms with Crippen LogP contribution >= 0.6 is 11.8 Å². The van der Waals surface area contributed by atoms with Gasteiger partial charge in [-0.25, -0.2) is 9.88 Å². The SMILES string of the molecule is CSc1n[n+]2c(c(=O)[nH]1)-c1ccccc1N(C(C)=O)[C@@H]2c1cccc(C)n1. The van der Waals surface area contributed by atoms with Crippen molar-refractivity contribution in [2.45, 2.75) is 25.2 Å². The number of anilines is 1. The summed E-state index contributed by atoms with van der Waals surface area (Å²) in [6.07, 6.45) is 1.20. The van der Waals surface area contributed by atoms with Crippen molar-refractivity contribution in [1.29, 1.82) is 0 Å². The van der Waals surface area contributed by atoms with Crippen molar-refractivity contribution in [2.75, 3.05) is 11.2 Å². The molecule has 1 amide bonds. The largest absolute Gasteiger partial charge is 0.325 e. The van der Waals surface area contributed by atoms with Crippen molar-refractivity contribution in [2.24, 2.45) is 0 Å². The van der Waals surface area contributed by atoms with Crippen LogP contribution in [0.4, 0.5) is 5.69 Å². The van der Waals surface area contributed by atoms with Crippen LogP contribution in [0.3, 0.4) is 0 Å². The minimum atomic E-state index is -0.638.